The number of phosphoric acid groups is 1. The smallest absolute Gasteiger partial charge is 0.368 e. The SMILES string of the molecule is N=C(N)N(O)C(N)=O.O=P(O)(O)O. The summed E-state index contributed by atoms with van der Waals surface area (Å²) in [6.45, 7) is 0. The minimum atomic E-state index is -4.64. The fourth-order valence-electron chi connectivity index (χ4n) is 0.119. The summed E-state index contributed by atoms with van der Waals surface area (Å²) >= 11 is 0. The Labute approximate surface area is 72.1 Å². The summed E-state index contributed by atoms with van der Waals surface area (Å²) in [5.41, 5.74) is 9.05. The maximum atomic E-state index is 9.82. The Balaban J connectivity index is 0. The first kappa shape index (κ1) is 14.3. The quantitative estimate of drug-likeness (QED) is 0.0777. The minimum Gasteiger partial charge on any atom is -0.368 e. The van der Waals surface area contributed by atoms with Crippen molar-refractivity contribution >= 4 is 19.8 Å². The molecule has 0 bridgehead atoms. The van der Waals surface area contributed by atoms with Gasteiger partial charge in [-0.1, -0.05) is 0 Å². The molecule has 0 aliphatic carbocycles. The van der Waals surface area contributed by atoms with Crippen molar-refractivity contribution in [3.63, 3.8) is 0 Å². The van der Waals surface area contributed by atoms with Gasteiger partial charge in [0.2, 0.25) is 5.96 Å². The largest absolute Gasteiger partial charge is 0.466 e. The van der Waals surface area contributed by atoms with E-state index in [0.29, 0.717) is 0 Å². The second-order valence-electron chi connectivity index (χ2n) is 1.55. The Morgan fingerprint density at radius 1 is 1.31 bits per heavy atom. The van der Waals surface area contributed by atoms with Gasteiger partial charge < -0.3 is 26.1 Å². The van der Waals surface area contributed by atoms with E-state index in [-0.39, 0.29) is 5.06 Å². The van der Waals surface area contributed by atoms with Crippen LogP contribution in [0.2, 0.25) is 0 Å². The maximum absolute atomic E-state index is 9.82. The van der Waals surface area contributed by atoms with Crippen LogP contribution >= 0.6 is 7.82 Å². The van der Waals surface area contributed by atoms with Crippen LogP contribution in [0.1, 0.15) is 0 Å². The van der Waals surface area contributed by atoms with Crippen molar-refractivity contribution in [2.45, 2.75) is 0 Å². The molecule has 78 valence electrons. The number of hydrogen-bond acceptors (Lipinski definition) is 4. The van der Waals surface area contributed by atoms with E-state index in [1.54, 1.807) is 0 Å². The first-order valence-electron chi connectivity index (χ1n) is 2.46. The number of urea groups is 1. The lowest BCUT2D eigenvalue weighted by Gasteiger charge is -2.06. The van der Waals surface area contributed by atoms with Gasteiger partial charge in [-0.3, -0.25) is 10.6 Å². The summed E-state index contributed by atoms with van der Waals surface area (Å²) in [5, 5.41) is 14.4. The third kappa shape index (κ3) is 18.1. The average Bonchev–Trinajstić information content (AvgIpc) is 1.81. The summed E-state index contributed by atoms with van der Waals surface area (Å²) in [6.07, 6.45) is 0. The predicted octanol–water partition coefficient (Wildman–Crippen LogP) is -2.28. The van der Waals surface area contributed by atoms with Crippen molar-refractivity contribution in [3.8, 4) is 0 Å². The number of hydrogen-bond donors (Lipinski definition) is 7. The molecule has 0 aromatic rings. The second-order valence-corrected chi connectivity index (χ2v) is 2.58. The van der Waals surface area contributed by atoms with Crippen LogP contribution in [-0.4, -0.2) is 36.9 Å². The van der Waals surface area contributed by atoms with E-state index in [4.69, 9.17) is 29.9 Å². The standard InChI is InChI=1S/C2H6N4O2.H3O4P/c3-1(4)6(8)2(5)7;1-5(2,3)4/h8H,(H3,3,4)(H2,5,7);(H3,1,2,3,4). The van der Waals surface area contributed by atoms with Crippen LogP contribution in [0.4, 0.5) is 4.79 Å². The van der Waals surface area contributed by atoms with E-state index in [9.17, 15) is 4.79 Å². The second kappa shape index (κ2) is 5.45. The number of nitrogens with one attached hydrogen (secondary N) is 1. The number of rotatable bonds is 0. The molecule has 2 amide bonds. The number of amides is 2. The molecule has 0 unspecified atom stereocenters. The van der Waals surface area contributed by atoms with Crippen molar-refractivity contribution in [2.24, 2.45) is 11.5 Å². The van der Waals surface area contributed by atoms with Gasteiger partial charge in [-0.25, -0.2) is 9.36 Å². The number of primary amides is 1. The predicted molar refractivity (Wildman–Crippen MR) is 39.4 cm³/mol. The monoisotopic (exact) mass is 216 g/mol. The molecule has 0 fully saturated rings. The fourth-order valence-corrected chi connectivity index (χ4v) is 0.119. The molecule has 0 saturated heterocycles. The lowest BCUT2D eigenvalue weighted by molar-refractivity contribution is 0.0286. The van der Waals surface area contributed by atoms with Crippen LogP contribution in [0.3, 0.4) is 0 Å². The highest BCUT2D eigenvalue weighted by Crippen LogP contribution is 2.25. The van der Waals surface area contributed by atoms with Gasteiger partial charge in [0.15, 0.2) is 0 Å². The third-order valence-electron chi connectivity index (χ3n) is 0.437. The Morgan fingerprint density at radius 3 is 1.54 bits per heavy atom. The van der Waals surface area contributed by atoms with Gasteiger partial charge in [-0.15, -0.1) is 5.06 Å². The molecule has 0 aromatic heterocycles. The zero-order valence-electron chi connectivity index (χ0n) is 6.15. The maximum Gasteiger partial charge on any atom is 0.466 e. The first-order valence-corrected chi connectivity index (χ1v) is 4.03. The molecule has 0 aliphatic rings. The molecule has 0 radical (unpaired) electrons. The van der Waals surface area contributed by atoms with Crippen LogP contribution in [-0.2, 0) is 4.57 Å². The van der Waals surface area contributed by atoms with Crippen molar-refractivity contribution in [1.29, 1.82) is 5.41 Å². The lowest BCUT2D eigenvalue weighted by atomic mass is 10.9. The summed E-state index contributed by atoms with van der Waals surface area (Å²) < 4.78 is 8.88. The van der Waals surface area contributed by atoms with Gasteiger partial charge in [0.1, 0.15) is 0 Å². The fraction of sp³-hybridized carbons (Fsp3) is 0. The molecule has 0 saturated carbocycles. The molecule has 0 heterocycles. The van der Waals surface area contributed by atoms with Gasteiger partial charge in [0.25, 0.3) is 0 Å². The first-order chi connectivity index (χ1) is 5.55. The Hall–Kier alpha value is -1.19. The van der Waals surface area contributed by atoms with Crippen LogP contribution in [0.15, 0.2) is 0 Å². The van der Waals surface area contributed by atoms with E-state index < -0.39 is 19.8 Å². The number of guanidine groups is 1. The topological polar surface area (TPSA) is 194 Å². The molecule has 9 N–H and O–H groups in total. The zero-order chi connectivity index (χ0) is 11.2. The van der Waals surface area contributed by atoms with Crippen molar-refractivity contribution in [3.05, 3.63) is 0 Å². The molecule has 0 rings (SSSR count). The number of carbonyl (C=O) groups is 1. The van der Waals surface area contributed by atoms with Crippen LogP contribution in [0.25, 0.3) is 0 Å². The zero-order valence-corrected chi connectivity index (χ0v) is 7.05. The van der Waals surface area contributed by atoms with Crippen LogP contribution < -0.4 is 11.5 Å². The molecule has 0 aliphatic heterocycles. The van der Waals surface area contributed by atoms with Crippen molar-refractivity contribution in [2.75, 3.05) is 0 Å². The van der Waals surface area contributed by atoms with E-state index in [0.717, 1.165) is 0 Å². The highest BCUT2D eigenvalue weighted by atomic mass is 31.2. The molecule has 0 atom stereocenters. The Bertz CT molecular complexity index is 213. The van der Waals surface area contributed by atoms with E-state index in [1.165, 1.54) is 0 Å². The van der Waals surface area contributed by atoms with E-state index >= 15 is 0 Å². The van der Waals surface area contributed by atoms with Crippen molar-refractivity contribution in [1.82, 2.24) is 5.06 Å². The Morgan fingerprint density at radius 2 is 1.54 bits per heavy atom. The van der Waals surface area contributed by atoms with Gasteiger partial charge in [0, 0.05) is 0 Å². The summed E-state index contributed by atoms with van der Waals surface area (Å²) in [4.78, 5) is 31.4. The Kier molecular flexibility index (Phi) is 6.02. The number of nitrogens with zero attached hydrogens (tertiary/aromatic N) is 1. The van der Waals surface area contributed by atoms with Gasteiger partial charge in [-0.05, 0) is 0 Å². The number of nitrogens with two attached hydrogens (primary N) is 2. The van der Waals surface area contributed by atoms with Gasteiger partial charge in [0.05, 0.1) is 0 Å². The van der Waals surface area contributed by atoms with Crippen LogP contribution in [0.5, 0.6) is 0 Å². The van der Waals surface area contributed by atoms with E-state index in [2.05, 4.69) is 11.5 Å². The molecule has 11 heteroatoms. The van der Waals surface area contributed by atoms with Gasteiger partial charge in [-0.2, -0.15) is 0 Å². The lowest BCUT2D eigenvalue weighted by Crippen LogP contribution is -2.41. The van der Waals surface area contributed by atoms with Gasteiger partial charge >= 0.3 is 13.9 Å². The number of hydroxylamine groups is 2. The summed E-state index contributed by atoms with van der Waals surface area (Å²) in [5.74, 6) is -0.794. The van der Waals surface area contributed by atoms with E-state index in [1.807, 2.05) is 0 Å². The normalized spacial score (nSPS) is 9.54. The summed E-state index contributed by atoms with van der Waals surface area (Å²) in [6, 6.07) is -1.17. The average molecular weight is 216 g/mol. The number of carbonyl (C=O) groups excluding carboxylic acids is 1. The minimum absolute atomic E-state index is 0.167. The molecular formula is C2H9N4O6P. The molecule has 13 heavy (non-hydrogen) atoms. The summed E-state index contributed by atoms with van der Waals surface area (Å²) in [7, 11) is -4.64. The van der Waals surface area contributed by atoms with Crippen LogP contribution in [0, 0.1) is 5.41 Å². The highest BCUT2D eigenvalue weighted by Gasteiger charge is 2.06. The molecule has 0 aromatic carbocycles. The third-order valence-corrected chi connectivity index (χ3v) is 0.437. The molecule has 0 spiro atoms. The highest BCUT2D eigenvalue weighted by molar-refractivity contribution is 7.45. The molecule has 10 nitrogen and oxygen atoms in total. The van der Waals surface area contributed by atoms with Crippen molar-refractivity contribution < 1.29 is 29.2 Å². The molecular weight excluding hydrogens is 207 g/mol.